The number of benzene rings is 2. The van der Waals surface area contributed by atoms with E-state index in [9.17, 15) is 9.90 Å². The summed E-state index contributed by atoms with van der Waals surface area (Å²) in [5.74, 6) is 10.9. The maximum atomic E-state index is 11.7. The number of ketones is 1. The molecule has 1 N–H and O–H groups in total. The number of pyridine rings is 1. The fraction of sp³-hybridized carbons (Fsp3) is 0.500. The molecule has 0 atom stereocenters. The van der Waals surface area contributed by atoms with Gasteiger partial charge in [0, 0.05) is 38.0 Å². The third-order valence-corrected chi connectivity index (χ3v) is 26.7. The first-order valence-corrected chi connectivity index (χ1v) is 29.1. The third-order valence-electron chi connectivity index (χ3n) is 9.22. The number of carbonyl (C=O) groups is 1. The average molecular weight is 868 g/mol. The zero-order chi connectivity index (χ0) is 30.5. The van der Waals surface area contributed by atoms with Crippen molar-refractivity contribution in [2.75, 3.05) is 0 Å². The largest absolute Gasteiger partial charge is 0 e. The van der Waals surface area contributed by atoms with Crippen LogP contribution in [-0.4, -0.2) is 42.4 Å². The van der Waals surface area contributed by atoms with Crippen LogP contribution in [-0.2, 0) is 24.9 Å². The second-order valence-electron chi connectivity index (χ2n) is 13.3. The number of hydrogen-bond acceptors (Lipinski definition) is 3. The number of aliphatic hydroxyl groups is 1. The summed E-state index contributed by atoms with van der Waals surface area (Å²) in [6.07, 6.45) is 6.88. The molecule has 1 aliphatic heterocycles. The van der Waals surface area contributed by atoms with Gasteiger partial charge in [0.1, 0.15) is 0 Å². The Morgan fingerprint density at radius 2 is 1.45 bits per heavy atom. The molecule has 3 nitrogen and oxygen atoms in total. The quantitative estimate of drug-likeness (QED) is 0.107. The Morgan fingerprint density at radius 1 is 0.905 bits per heavy atom. The molecule has 1 aromatic heterocycles. The number of rotatable bonds is 8. The monoisotopic (exact) mass is 871 g/mol. The summed E-state index contributed by atoms with van der Waals surface area (Å²) in [6, 6.07) is 15.2. The van der Waals surface area contributed by atoms with Gasteiger partial charge in [0.25, 0.3) is 0 Å². The van der Waals surface area contributed by atoms with Gasteiger partial charge in [0.15, 0.2) is 5.78 Å². The molecule has 0 spiro atoms. The number of nitrogens with zero attached hydrogens (tertiary/aromatic N) is 1. The molecule has 1 aliphatic rings. The molecule has 0 saturated carbocycles. The van der Waals surface area contributed by atoms with Gasteiger partial charge >= 0.3 is 163 Å². The van der Waals surface area contributed by atoms with Gasteiger partial charge < -0.3 is 5.11 Å². The molecule has 4 rings (SSSR count). The smallest absolute Gasteiger partial charge is 0 e. The summed E-state index contributed by atoms with van der Waals surface area (Å²) in [5.41, 5.74) is 4.70. The van der Waals surface area contributed by atoms with E-state index < -0.39 is 26.5 Å². The Hall–Kier alpha value is -1.20. The maximum Gasteiger partial charge on any atom is 0 e. The molecule has 2 heterocycles. The minimum absolute atomic E-state index is 0. The average Bonchev–Trinajstić information content (AvgIpc) is 2.91. The Kier molecular flexibility index (Phi) is 13.8. The van der Waals surface area contributed by atoms with Crippen molar-refractivity contribution in [3.8, 4) is 11.3 Å². The van der Waals surface area contributed by atoms with Gasteiger partial charge in [-0.3, -0.25) is 4.79 Å². The van der Waals surface area contributed by atoms with Crippen molar-refractivity contribution >= 4 is 51.9 Å². The van der Waals surface area contributed by atoms with Crippen molar-refractivity contribution in [1.29, 1.82) is 0 Å². The van der Waals surface area contributed by atoms with E-state index in [1.165, 1.54) is 38.5 Å². The first-order chi connectivity index (χ1) is 19.3. The summed E-state index contributed by atoms with van der Waals surface area (Å²) < 4.78 is 3.53. The molecule has 231 valence electrons. The number of fused-ring (bicyclic) bond motifs is 2. The SMILES string of the molecule is CCC(CC)C(=O)/C=C(\O)C(CC)CC.Cc1[c-]c(-c2nccc3c[c]4[c](cc23)[Ge]([CH3])([CH3])[CH2][CH2][Ge]4([CH3])[CH3])cc(C)c1.[Ir]. The first kappa shape index (κ1) is 37.0. The molecule has 0 fully saturated rings. The summed E-state index contributed by atoms with van der Waals surface area (Å²) in [4.78, 5) is 16.5. The van der Waals surface area contributed by atoms with E-state index >= 15 is 0 Å². The predicted molar refractivity (Wildman–Crippen MR) is 183 cm³/mol. The van der Waals surface area contributed by atoms with Crippen molar-refractivity contribution in [3.05, 3.63) is 65.6 Å². The van der Waals surface area contributed by atoms with Gasteiger partial charge in [0.05, 0.1) is 5.76 Å². The van der Waals surface area contributed by atoms with E-state index in [1.807, 2.05) is 33.9 Å². The van der Waals surface area contributed by atoms with Crippen LogP contribution in [0.5, 0.6) is 0 Å². The van der Waals surface area contributed by atoms with Crippen molar-refractivity contribution in [3.63, 3.8) is 0 Å². The summed E-state index contributed by atoms with van der Waals surface area (Å²) in [7, 11) is 0. The van der Waals surface area contributed by atoms with Gasteiger partial charge in [-0.25, -0.2) is 0 Å². The summed E-state index contributed by atoms with van der Waals surface area (Å²) in [5, 5.41) is 15.5. The van der Waals surface area contributed by atoms with Crippen LogP contribution in [0.25, 0.3) is 22.0 Å². The van der Waals surface area contributed by atoms with Crippen LogP contribution in [0.4, 0.5) is 0 Å². The Balaban J connectivity index is 0.000000334. The minimum atomic E-state index is -1.92. The molecule has 0 saturated heterocycles. The first-order valence-electron chi connectivity index (χ1n) is 15.7. The molecule has 3 aromatic rings. The number of aryl methyl sites for hydroxylation is 2. The van der Waals surface area contributed by atoms with E-state index in [0.717, 1.165) is 36.9 Å². The van der Waals surface area contributed by atoms with Gasteiger partial charge in [-0.1, -0.05) is 27.7 Å². The number of aliphatic hydroxyl groups excluding tert-OH is 1. The van der Waals surface area contributed by atoms with Crippen LogP contribution in [0.2, 0.25) is 33.5 Å². The molecule has 0 aliphatic carbocycles. The van der Waals surface area contributed by atoms with Crippen molar-refractivity contribution in [1.82, 2.24) is 4.98 Å². The van der Waals surface area contributed by atoms with Crippen molar-refractivity contribution in [2.24, 2.45) is 11.8 Å². The Labute approximate surface area is 274 Å². The van der Waals surface area contributed by atoms with Crippen LogP contribution in [0.1, 0.15) is 64.5 Å². The summed E-state index contributed by atoms with van der Waals surface area (Å²) in [6.45, 7) is 12.4. The van der Waals surface area contributed by atoms with Crippen LogP contribution in [0, 0.1) is 31.7 Å². The normalized spacial score (nSPS) is 15.6. The van der Waals surface area contributed by atoms with Gasteiger partial charge in [-0.15, -0.1) is 0 Å². The van der Waals surface area contributed by atoms with Crippen LogP contribution in [0.15, 0.2) is 48.4 Å². The predicted octanol–water partition coefficient (Wildman–Crippen LogP) is 9.03. The second-order valence-corrected chi connectivity index (χ2v) is 33.5. The maximum absolute atomic E-state index is 11.7. The van der Waals surface area contributed by atoms with Crippen LogP contribution < -0.4 is 8.79 Å². The number of allylic oxidation sites excluding steroid dienone is 2. The molecule has 6 heteroatoms. The van der Waals surface area contributed by atoms with Crippen molar-refractivity contribution in [2.45, 2.75) is 101 Å². The molecule has 0 unspecified atom stereocenters. The molecular formula is C36H52Ge2IrNO2-. The minimum Gasteiger partial charge on any atom is 0 e. The fourth-order valence-corrected chi connectivity index (χ4v) is 36.6. The zero-order valence-electron chi connectivity index (χ0n) is 27.6. The zero-order valence-corrected chi connectivity index (χ0v) is 34.2. The Bertz CT molecular complexity index is 1380. The van der Waals surface area contributed by atoms with Crippen LogP contribution >= 0.6 is 0 Å². The Morgan fingerprint density at radius 3 is 1.98 bits per heavy atom. The molecule has 1 radical (unpaired) electrons. The summed E-state index contributed by atoms with van der Waals surface area (Å²) >= 11 is -3.79. The van der Waals surface area contributed by atoms with E-state index in [1.54, 1.807) is 8.79 Å². The van der Waals surface area contributed by atoms with Gasteiger partial charge in [0.2, 0.25) is 0 Å². The van der Waals surface area contributed by atoms with Crippen molar-refractivity contribution < 1.29 is 30.0 Å². The van der Waals surface area contributed by atoms with E-state index in [2.05, 4.69) is 73.3 Å². The second kappa shape index (κ2) is 15.7. The molecule has 0 amide bonds. The molecule has 2 aromatic carbocycles. The van der Waals surface area contributed by atoms with Gasteiger partial charge in [-0.05, 0) is 25.7 Å². The molecular weight excluding hydrogens is 816 g/mol. The van der Waals surface area contributed by atoms with E-state index in [0.29, 0.717) is 0 Å². The van der Waals surface area contributed by atoms with Gasteiger partial charge in [-0.2, -0.15) is 0 Å². The standard InChI is InChI=1S/C23H28Ge2N.C13H24O2.Ir/c1-16-11-17(2)13-19(12-16)23-20-15-22-21(14-18(20)7-10-26-23)24(3,4)8-9-25(22,5)6;1-5-10(6-2)12(14)9-13(15)11(7-3)8-4;/h7,10-12,14-15H,8-9H2,1-6H3;9-11,14H,5-8H2,1-4H3;/q-1;;/b;12-9-;. The topological polar surface area (TPSA) is 50.2 Å². The third kappa shape index (κ3) is 8.70. The molecule has 42 heavy (non-hydrogen) atoms. The van der Waals surface area contributed by atoms with E-state index in [4.69, 9.17) is 4.98 Å². The molecule has 0 bridgehead atoms. The number of hydrogen-bond donors (Lipinski definition) is 1. The number of aromatic nitrogens is 1. The fourth-order valence-electron chi connectivity index (χ4n) is 6.25. The van der Waals surface area contributed by atoms with Crippen LogP contribution in [0.3, 0.4) is 0 Å². The number of carbonyl (C=O) groups excluding carboxylic acids is 1. The van der Waals surface area contributed by atoms with E-state index in [-0.39, 0.29) is 43.5 Å².